The van der Waals surface area contributed by atoms with Crippen LogP contribution in [0.4, 0.5) is 13.6 Å². The number of carboxylic acids is 1. The maximum atomic E-state index is 14.4. The molecule has 0 aromatic heterocycles. The summed E-state index contributed by atoms with van der Waals surface area (Å²) in [5, 5.41) is 11.2. The monoisotopic (exact) mass is 502 g/mol. The highest BCUT2D eigenvalue weighted by Crippen LogP contribution is 2.56. The first-order chi connectivity index (χ1) is 16.7. The molecule has 2 fully saturated rings. The normalized spacial score (nSPS) is 26.1. The first-order valence-electron chi connectivity index (χ1n) is 11.3. The molecule has 7 nitrogen and oxygen atoms in total. The Hall–Kier alpha value is -3.14. The number of benzene rings is 2. The zero-order valence-electron chi connectivity index (χ0n) is 18.8. The number of rotatable bonds is 6. The van der Waals surface area contributed by atoms with Crippen LogP contribution in [0, 0.1) is 11.8 Å². The fourth-order valence-electron chi connectivity index (χ4n) is 5.15. The molecule has 2 amide bonds. The van der Waals surface area contributed by atoms with Gasteiger partial charge in [-0.2, -0.15) is 0 Å². The Morgan fingerprint density at radius 1 is 1.11 bits per heavy atom. The fourth-order valence-corrected chi connectivity index (χ4v) is 6.33. The third kappa shape index (κ3) is 4.03. The van der Waals surface area contributed by atoms with Crippen LogP contribution >= 0.6 is 11.8 Å². The summed E-state index contributed by atoms with van der Waals surface area (Å²) < 4.78 is 34.3. The molecule has 0 spiro atoms. The van der Waals surface area contributed by atoms with Crippen LogP contribution in [0.2, 0.25) is 0 Å². The van der Waals surface area contributed by atoms with Gasteiger partial charge in [-0.15, -0.1) is 11.8 Å². The molecule has 2 aliphatic carbocycles. The van der Waals surface area contributed by atoms with Crippen molar-refractivity contribution in [3.05, 3.63) is 59.7 Å². The van der Waals surface area contributed by atoms with E-state index in [4.69, 9.17) is 4.74 Å². The van der Waals surface area contributed by atoms with Crippen LogP contribution in [0.5, 0.6) is 0 Å². The van der Waals surface area contributed by atoms with Gasteiger partial charge in [0.15, 0.2) is 0 Å². The van der Waals surface area contributed by atoms with Crippen molar-refractivity contribution in [3.63, 3.8) is 0 Å². The van der Waals surface area contributed by atoms with Crippen LogP contribution in [0.1, 0.15) is 24.0 Å². The number of nitrogens with zero attached hydrogens (tertiary/aromatic N) is 1. The van der Waals surface area contributed by atoms with Crippen molar-refractivity contribution in [3.8, 4) is 11.1 Å². The highest BCUT2D eigenvalue weighted by atomic mass is 32.2. The number of ether oxygens (including phenoxy) is 1. The lowest BCUT2D eigenvalue weighted by atomic mass is 9.98. The van der Waals surface area contributed by atoms with Gasteiger partial charge in [0.05, 0.1) is 11.3 Å². The van der Waals surface area contributed by atoms with Crippen LogP contribution in [-0.2, 0) is 14.3 Å². The number of alkyl carbamates (subject to hydrolysis) is 1. The van der Waals surface area contributed by atoms with Crippen LogP contribution in [0.3, 0.4) is 0 Å². The van der Waals surface area contributed by atoms with Crippen molar-refractivity contribution in [2.75, 3.05) is 18.9 Å². The number of hydrogen-bond donors (Lipinski definition) is 2. The average Bonchev–Trinajstić information content (AvgIpc) is 3.10. The van der Waals surface area contributed by atoms with E-state index in [2.05, 4.69) is 5.32 Å². The van der Waals surface area contributed by atoms with Gasteiger partial charge in [-0.3, -0.25) is 4.79 Å². The number of thioether (sulfide) groups is 1. The standard InChI is InChI=1S/C25H24F2N2O5S/c1-13-29(20(12-35-13)23(31)32)22(30)21-19(25(21,26)27)10-28-24(33)34-11-18-16-8-4-2-6-14(16)15-7-3-5-9-17(15)18/h2-9,13,18-21H,10-12H2,1H3,(H,28,33)(H,31,32). The lowest BCUT2D eigenvalue weighted by molar-refractivity contribution is -0.150. The number of nitrogens with one attached hydrogen (secondary N) is 1. The smallest absolute Gasteiger partial charge is 0.407 e. The summed E-state index contributed by atoms with van der Waals surface area (Å²) in [6.45, 7) is 1.23. The molecule has 1 heterocycles. The van der Waals surface area contributed by atoms with Crippen LogP contribution < -0.4 is 5.32 Å². The third-order valence-electron chi connectivity index (χ3n) is 7.04. The van der Waals surface area contributed by atoms with Gasteiger partial charge in [-0.25, -0.2) is 18.4 Å². The van der Waals surface area contributed by atoms with E-state index in [1.165, 1.54) is 11.8 Å². The van der Waals surface area contributed by atoms with E-state index in [0.29, 0.717) is 0 Å². The van der Waals surface area contributed by atoms with Gasteiger partial charge < -0.3 is 20.1 Å². The van der Waals surface area contributed by atoms with Gasteiger partial charge in [0.2, 0.25) is 5.91 Å². The van der Waals surface area contributed by atoms with Gasteiger partial charge >= 0.3 is 12.1 Å². The molecule has 184 valence electrons. The van der Waals surface area contributed by atoms with Crippen molar-refractivity contribution >= 4 is 29.7 Å². The molecule has 2 aromatic rings. The molecule has 0 radical (unpaired) electrons. The highest BCUT2D eigenvalue weighted by molar-refractivity contribution is 8.00. The summed E-state index contributed by atoms with van der Waals surface area (Å²) in [4.78, 5) is 37.6. The second-order valence-electron chi connectivity index (χ2n) is 9.00. The van der Waals surface area contributed by atoms with Crippen LogP contribution in [0.25, 0.3) is 11.1 Å². The van der Waals surface area contributed by atoms with Gasteiger partial charge in [-0.05, 0) is 29.2 Å². The summed E-state index contributed by atoms with van der Waals surface area (Å²) in [6, 6.07) is 14.6. The Kier molecular flexibility index (Phi) is 5.94. The Bertz CT molecular complexity index is 1150. The van der Waals surface area contributed by atoms with Crippen molar-refractivity contribution in [2.24, 2.45) is 11.8 Å². The van der Waals surface area contributed by atoms with Crippen molar-refractivity contribution in [1.29, 1.82) is 0 Å². The molecular weight excluding hydrogens is 478 g/mol. The zero-order valence-corrected chi connectivity index (χ0v) is 19.6. The minimum atomic E-state index is -3.32. The van der Waals surface area contributed by atoms with Gasteiger partial charge in [0.1, 0.15) is 18.6 Å². The summed E-state index contributed by atoms with van der Waals surface area (Å²) in [6.07, 6.45) is -0.839. The van der Waals surface area contributed by atoms with E-state index >= 15 is 0 Å². The zero-order chi connectivity index (χ0) is 24.9. The van der Waals surface area contributed by atoms with Crippen LogP contribution in [-0.4, -0.2) is 64.2 Å². The van der Waals surface area contributed by atoms with E-state index in [0.717, 1.165) is 27.2 Å². The van der Waals surface area contributed by atoms with E-state index < -0.39 is 53.7 Å². The molecule has 0 bridgehead atoms. The second kappa shape index (κ2) is 8.82. The van der Waals surface area contributed by atoms with Gasteiger partial charge in [0.25, 0.3) is 5.92 Å². The SMILES string of the molecule is CC1SCC(C(=O)O)N1C(=O)C1C(CNC(=O)OCC2c3ccccc3-c3ccccc32)C1(F)F. The lowest BCUT2D eigenvalue weighted by Crippen LogP contribution is -2.46. The van der Waals surface area contributed by atoms with Gasteiger partial charge in [-0.1, -0.05) is 48.5 Å². The predicted molar refractivity (Wildman–Crippen MR) is 125 cm³/mol. The third-order valence-corrected chi connectivity index (χ3v) is 8.26. The molecule has 2 aromatic carbocycles. The molecule has 5 rings (SSSR count). The number of amides is 2. The molecule has 35 heavy (non-hydrogen) atoms. The quantitative estimate of drug-likeness (QED) is 0.624. The minimum Gasteiger partial charge on any atom is -0.480 e. The summed E-state index contributed by atoms with van der Waals surface area (Å²) >= 11 is 1.23. The maximum Gasteiger partial charge on any atom is 0.407 e. The Labute approximate surface area is 204 Å². The number of aliphatic carboxylic acids is 1. The molecule has 4 atom stereocenters. The Morgan fingerprint density at radius 3 is 2.31 bits per heavy atom. The van der Waals surface area contributed by atoms with E-state index in [1.54, 1.807) is 6.92 Å². The first kappa shape index (κ1) is 23.6. The number of halogens is 2. The lowest BCUT2D eigenvalue weighted by Gasteiger charge is -2.25. The molecular formula is C25H24F2N2O5S. The summed E-state index contributed by atoms with van der Waals surface area (Å²) in [7, 11) is 0. The molecule has 3 aliphatic rings. The number of fused-ring (bicyclic) bond motifs is 3. The molecule has 1 saturated carbocycles. The largest absolute Gasteiger partial charge is 0.480 e. The molecule has 10 heteroatoms. The molecule has 4 unspecified atom stereocenters. The van der Waals surface area contributed by atoms with Crippen molar-refractivity contribution in [2.45, 2.75) is 30.2 Å². The molecule has 1 saturated heterocycles. The number of hydrogen-bond acceptors (Lipinski definition) is 5. The number of carboxylic acid groups (broad SMARTS) is 1. The minimum absolute atomic E-state index is 0.0477. The van der Waals surface area contributed by atoms with Crippen molar-refractivity contribution in [1.82, 2.24) is 10.2 Å². The highest BCUT2D eigenvalue weighted by Gasteiger charge is 2.73. The van der Waals surface area contributed by atoms with Gasteiger partial charge in [0, 0.05) is 18.2 Å². The number of carbonyl (C=O) groups is 3. The van der Waals surface area contributed by atoms with E-state index in [1.807, 2.05) is 48.5 Å². The number of carbonyl (C=O) groups excluding carboxylic acids is 2. The Balaban J connectivity index is 1.19. The second-order valence-corrected chi connectivity index (χ2v) is 10.3. The Morgan fingerprint density at radius 2 is 1.71 bits per heavy atom. The average molecular weight is 503 g/mol. The predicted octanol–water partition coefficient (Wildman–Crippen LogP) is 3.78. The fraction of sp³-hybridized carbons (Fsp3) is 0.400. The van der Waals surface area contributed by atoms with Crippen molar-refractivity contribution < 1.29 is 33.0 Å². The van der Waals surface area contributed by atoms with Crippen LogP contribution in [0.15, 0.2) is 48.5 Å². The summed E-state index contributed by atoms with van der Waals surface area (Å²) in [5.41, 5.74) is 4.22. The molecule has 2 N–H and O–H groups in total. The van der Waals surface area contributed by atoms with E-state index in [-0.39, 0.29) is 18.3 Å². The van der Waals surface area contributed by atoms with E-state index in [9.17, 15) is 28.3 Å². The topological polar surface area (TPSA) is 95.9 Å². The maximum absolute atomic E-state index is 14.4. The first-order valence-corrected chi connectivity index (χ1v) is 12.4. The summed E-state index contributed by atoms with van der Waals surface area (Å²) in [5.74, 6) is -8.48. The number of alkyl halides is 2. The molecule has 1 aliphatic heterocycles.